The predicted octanol–water partition coefficient (Wildman–Crippen LogP) is 3.40. The van der Waals surface area contributed by atoms with Gasteiger partial charge in [0.15, 0.2) is 5.78 Å². The van der Waals surface area contributed by atoms with Crippen LogP contribution in [-0.4, -0.2) is 39.2 Å². The van der Waals surface area contributed by atoms with Gasteiger partial charge in [-0.15, -0.1) is 0 Å². The summed E-state index contributed by atoms with van der Waals surface area (Å²) >= 11 is 0. The molecule has 0 aliphatic heterocycles. The molecule has 0 N–H and O–H groups in total. The Morgan fingerprint density at radius 1 is 1.12 bits per heavy atom. The van der Waals surface area contributed by atoms with E-state index in [0.29, 0.717) is 17.9 Å². The molecule has 6 heteroatoms. The monoisotopic (exact) mass is 371 g/mol. The second-order valence-electron chi connectivity index (χ2n) is 5.65. The normalized spacial score (nSPS) is 11.7. The van der Waals surface area contributed by atoms with Gasteiger partial charge < -0.3 is 4.74 Å². The third kappa shape index (κ3) is 4.68. The van der Waals surface area contributed by atoms with Gasteiger partial charge in [-0.3, -0.25) is 4.79 Å². The minimum Gasteiger partial charge on any atom is -0.489 e. The van der Waals surface area contributed by atoms with Crippen molar-refractivity contribution in [1.82, 2.24) is 4.31 Å². The summed E-state index contributed by atoms with van der Waals surface area (Å²) in [6.07, 6.45) is 4.76. The number of sulfonamides is 1. The molecule has 0 bridgehead atoms. The van der Waals surface area contributed by atoms with E-state index in [0.717, 1.165) is 9.87 Å². The standard InChI is InChI=1S/C20H21NO4S/c1-4-15-25-20-8-6-5-7-17(20)11-14-19(22)16-9-12-18(13-10-16)26(23,24)21(2)3/h4-14H,1,15H2,2-3H3/b14-11+. The third-order valence-electron chi connectivity index (χ3n) is 3.61. The smallest absolute Gasteiger partial charge is 0.242 e. The molecule has 0 amide bonds. The first kappa shape index (κ1) is 19.6. The fourth-order valence-electron chi connectivity index (χ4n) is 2.16. The van der Waals surface area contributed by atoms with Crippen LogP contribution in [0.15, 0.2) is 72.2 Å². The summed E-state index contributed by atoms with van der Waals surface area (Å²) in [5, 5.41) is 0. The number of benzene rings is 2. The van der Waals surface area contributed by atoms with Gasteiger partial charge in [-0.05, 0) is 42.5 Å². The number of hydrogen-bond donors (Lipinski definition) is 0. The number of nitrogens with zero attached hydrogens (tertiary/aromatic N) is 1. The Morgan fingerprint density at radius 2 is 1.77 bits per heavy atom. The Labute approximate surface area is 154 Å². The van der Waals surface area contributed by atoms with Gasteiger partial charge in [0.05, 0.1) is 4.90 Å². The summed E-state index contributed by atoms with van der Waals surface area (Å²) in [5.74, 6) is 0.432. The van der Waals surface area contributed by atoms with E-state index >= 15 is 0 Å². The van der Waals surface area contributed by atoms with Gasteiger partial charge in [-0.1, -0.05) is 30.9 Å². The number of carbonyl (C=O) groups excluding carboxylic acids is 1. The van der Waals surface area contributed by atoms with Crippen LogP contribution >= 0.6 is 0 Å². The molecule has 0 aliphatic rings. The third-order valence-corrected chi connectivity index (χ3v) is 5.44. The fraction of sp³-hybridized carbons (Fsp3) is 0.150. The Balaban J connectivity index is 2.18. The molecule has 0 unspecified atom stereocenters. The number of para-hydroxylation sites is 1. The number of allylic oxidation sites excluding steroid dienone is 1. The molecule has 0 aliphatic carbocycles. The maximum atomic E-state index is 12.3. The van der Waals surface area contributed by atoms with Crippen molar-refractivity contribution in [2.75, 3.05) is 20.7 Å². The van der Waals surface area contributed by atoms with Crippen molar-refractivity contribution in [2.24, 2.45) is 0 Å². The van der Waals surface area contributed by atoms with E-state index in [2.05, 4.69) is 6.58 Å². The van der Waals surface area contributed by atoms with E-state index < -0.39 is 10.0 Å². The first-order chi connectivity index (χ1) is 12.4. The van der Waals surface area contributed by atoms with Crippen molar-refractivity contribution >= 4 is 21.9 Å². The summed E-state index contributed by atoms with van der Waals surface area (Å²) in [6, 6.07) is 13.2. The average Bonchev–Trinajstić information content (AvgIpc) is 2.65. The molecule has 0 saturated heterocycles. The first-order valence-corrected chi connectivity index (χ1v) is 9.38. The van der Waals surface area contributed by atoms with Gasteiger partial charge in [0, 0.05) is 25.2 Å². The Hall–Kier alpha value is -2.70. The molecule has 0 heterocycles. The molecule has 26 heavy (non-hydrogen) atoms. The van der Waals surface area contributed by atoms with Gasteiger partial charge in [-0.2, -0.15) is 0 Å². The zero-order chi connectivity index (χ0) is 19.2. The van der Waals surface area contributed by atoms with Crippen LogP contribution in [0, 0.1) is 0 Å². The highest BCUT2D eigenvalue weighted by Gasteiger charge is 2.17. The highest BCUT2D eigenvalue weighted by Crippen LogP contribution is 2.20. The molecule has 0 atom stereocenters. The predicted molar refractivity (Wildman–Crippen MR) is 103 cm³/mol. The van der Waals surface area contributed by atoms with Crippen LogP contribution in [0.4, 0.5) is 0 Å². The van der Waals surface area contributed by atoms with E-state index in [1.54, 1.807) is 12.2 Å². The van der Waals surface area contributed by atoms with Gasteiger partial charge in [0.2, 0.25) is 10.0 Å². The van der Waals surface area contributed by atoms with Crippen molar-refractivity contribution in [2.45, 2.75) is 4.90 Å². The van der Waals surface area contributed by atoms with Crippen LogP contribution in [-0.2, 0) is 10.0 Å². The highest BCUT2D eigenvalue weighted by molar-refractivity contribution is 7.89. The molecule has 0 fully saturated rings. The summed E-state index contributed by atoms with van der Waals surface area (Å²) in [7, 11) is -0.587. The lowest BCUT2D eigenvalue weighted by molar-refractivity contribution is 0.104. The van der Waals surface area contributed by atoms with E-state index in [1.165, 1.54) is 44.4 Å². The summed E-state index contributed by atoms with van der Waals surface area (Å²) in [5.41, 5.74) is 1.18. The lowest BCUT2D eigenvalue weighted by atomic mass is 10.1. The highest BCUT2D eigenvalue weighted by atomic mass is 32.2. The largest absolute Gasteiger partial charge is 0.489 e. The second-order valence-corrected chi connectivity index (χ2v) is 7.80. The Bertz CT molecular complexity index is 913. The molecular formula is C20H21NO4S. The van der Waals surface area contributed by atoms with Crippen molar-refractivity contribution < 1.29 is 17.9 Å². The fourth-order valence-corrected chi connectivity index (χ4v) is 3.06. The van der Waals surface area contributed by atoms with E-state index in [-0.39, 0.29) is 10.7 Å². The average molecular weight is 371 g/mol. The van der Waals surface area contributed by atoms with Crippen molar-refractivity contribution in [3.63, 3.8) is 0 Å². The van der Waals surface area contributed by atoms with E-state index in [9.17, 15) is 13.2 Å². The number of ether oxygens (including phenoxy) is 1. The number of rotatable bonds is 8. The molecule has 0 saturated carbocycles. The lowest BCUT2D eigenvalue weighted by Gasteiger charge is -2.11. The molecule has 2 rings (SSSR count). The maximum absolute atomic E-state index is 12.3. The van der Waals surface area contributed by atoms with E-state index in [1.807, 2.05) is 24.3 Å². The Morgan fingerprint density at radius 3 is 2.38 bits per heavy atom. The number of carbonyl (C=O) groups is 1. The van der Waals surface area contributed by atoms with Crippen molar-refractivity contribution in [1.29, 1.82) is 0 Å². The van der Waals surface area contributed by atoms with Gasteiger partial charge in [0.25, 0.3) is 0 Å². The van der Waals surface area contributed by atoms with Crippen LogP contribution < -0.4 is 4.74 Å². The first-order valence-electron chi connectivity index (χ1n) is 7.94. The quantitative estimate of drug-likeness (QED) is 0.405. The maximum Gasteiger partial charge on any atom is 0.242 e. The second kappa shape index (κ2) is 8.60. The zero-order valence-corrected chi connectivity index (χ0v) is 15.6. The Kier molecular flexibility index (Phi) is 6.49. The number of hydrogen-bond acceptors (Lipinski definition) is 4. The molecule has 5 nitrogen and oxygen atoms in total. The van der Waals surface area contributed by atoms with Gasteiger partial charge in [-0.25, -0.2) is 12.7 Å². The van der Waals surface area contributed by atoms with Gasteiger partial charge >= 0.3 is 0 Å². The minimum atomic E-state index is -3.51. The molecule has 0 aromatic heterocycles. The van der Waals surface area contributed by atoms with E-state index in [4.69, 9.17) is 4.74 Å². The molecule has 0 radical (unpaired) electrons. The molecular weight excluding hydrogens is 350 g/mol. The van der Waals surface area contributed by atoms with Crippen LogP contribution in [0.1, 0.15) is 15.9 Å². The summed E-state index contributed by atoms with van der Waals surface area (Å²) in [6.45, 7) is 3.99. The molecule has 136 valence electrons. The molecule has 2 aromatic carbocycles. The minimum absolute atomic E-state index is 0.145. The van der Waals surface area contributed by atoms with Crippen LogP contribution in [0.3, 0.4) is 0 Å². The lowest BCUT2D eigenvalue weighted by Crippen LogP contribution is -2.22. The van der Waals surface area contributed by atoms with Gasteiger partial charge in [0.1, 0.15) is 12.4 Å². The van der Waals surface area contributed by atoms with Crippen molar-refractivity contribution in [3.8, 4) is 5.75 Å². The van der Waals surface area contributed by atoms with Crippen LogP contribution in [0.25, 0.3) is 6.08 Å². The SMILES string of the molecule is C=CCOc1ccccc1/C=C/C(=O)c1ccc(S(=O)(=O)N(C)C)cc1. The zero-order valence-electron chi connectivity index (χ0n) is 14.8. The topological polar surface area (TPSA) is 63.7 Å². The summed E-state index contributed by atoms with van der Waals surface area (Å²) < 4.78 is 30.8. The number of ketones is 1. The summed E-state index contributed by atoms with van der Waals surface area (Å²) in [4.78, 5) is 12.5. The van der Waals surface area contributed by atoms with Crippen LogP contribution in [0.2, 0.25) is 0 Å². The molecule has 2 aromatic rings. The van der Waals surface area contributed by atoms with Crippen LogP contribution in [0.5, 0.6) is 5.75 Å². The molecule has 0 spiro atoms. The van der Waals surface area contributed by atoms with Crippen molar-refractivity contribution in [3.05, 3.63) is 78.4 Å².